The van der Waals surface area contributed by atoms with Crippen LogP contribution in [0, 0.1) is 0 Å². The van der Waals surface area contributed by atoms with E-state index >= 15 is 0 Å². The van der Waals surface area contributed by atoms with Gasteiger partial charge in [-0.2, -0.15) is 0 Å². The highest BCUT2D eigenvalue weighted by molar-refractivity contribution is 7.80. The molecular weight excluding hydrogens is 392 g/mol. The van der Waals surface area contributed by atoms with Gasteiger partial charge in [0.25, 0.3) is 0 Å². The molecule has 0 saturated heterocycles. The molecule has 0 saturated carbocycles. The van der Waals surface area contributed by atoms with E-state index in [9.17, 15) is 9.59 Å². The number of carbonyl (C=O) groups excluding carboxylic acids is 2. The van der Waals surface area contributed by atoms with Gasteiger partial charge in [0.05, 0.1) is 38.1 Å². The van der Waals surface area contributed by atoms with Crippen LogP contribution in [0.3, 0.4) is 0 Å². The second-order valence-electron chi connectivity index (χ2n) is 5.21. The quantitative estimate of drug-likeness (QED) is 0.571. The van der Waals surface area contributed by atoms with Gasteiger partial charge in [0.2, 0.25) is 0 Å². The first kappa shape index (κ1) is 20.5. The van der Waals surface area contributed by atoms with E-state index in [1.807, 2.05) is 0 Å². The Morgan fingerprint density at radius 3 is 2.04 bits per heavy atom. The minimum Gasteiger partial charge on any atom is -0.495 e. The number of ether oxygens (including phenoxy) is 3. The summed E-state index contributed by atoms with van der Waals surface area (Å²) in [5.74, 6) is -0.652. The van der Waals surface area contributed by atoms with E-state index in [1.165, 1.54) is 39.5 Å². The van der Waals surface area contributed by atoms with Gasteiger partial charge in [0.15, 0.2) is 5.11 Å². The Morgan fingerprint density at radius 2 is 1.52 bits per heavy atom. The average Bonchev–Trinajstić information content (AvgIpc) is 2.66. The Hall–Kier alpha value is -2.84. The molecule has 9 heteroatoms. The van der Waals surface area contributed by atoms with Gasteiger partial charge in [-0.25, -0.2) is 9.59 Å². The van der Waals surface area contributed by atoms with Crippen LogP contribution in [-0.4, -0.2) is 38.4 Å². The minimum absolute atomic E-state index is 0.172. The monoisotopic (exact) mass is 408 g/mol. The van der Waals surface area contributed by atoms with Crippen LogP contribution < -0.4 is 15.4 Å². The van der Waals surface area contributed by atoms with Crippen molar-refractivity contribution in [3.8, 4) is 5.75 Å². The van der Waals surface area contributed by atoms with Crippen molar-refractivity contribution in [3.05, 3.63) is 52.5 Å². The van der Waals surface area contributed by atoms with Gasteiger partial charge in [-0.05, 0) is 48.6 Å². The fourth-order valence-corrected chi connectivity index (χ4v) is 2.63. The highest BCUT2D eigenvalue weighted by Gasteiger charge is 2.15. The van der Waals surface area contributed by atoms with Crippen molar-refractivity contribution in [2.24, 2.45) is 0 Å². The van der Waals surface area contributed by atoms with Crippen LogP contribution in [0.1, 0.15) is 20.7 Å². The van der Waals surface area contributed by atoms with Crippen molar-refractivity contribution in [1.29, 1.82) is 0 Å². The van der Waals surface area contributed by atoms with Crippen molar-refractivity contribution < 1.29 is 23.8 Å². The summed E-state index contributed by atoms with van der Waals surface area (Å²) >= 11 is 11.3. The molecule has 0 amide bonds. The van der Waals surface area contributed by atoms with E-state index in [1.54, 1.807) is 18.2 Å². The Bertz CT molecular complexity index is 854. The fourth-order valence-electron chi connectivity index (χ4n) is 2.23. The van der Waals surface area contributed by atoms with E-state index in [2.05, 4.69) is 10.6 Å². The SMILES string of the molecule is COC(=O)c1cc(NC(=S)Nc2cc(Cl)ccc2OC)cc(C(=O)OC)c1. The molecule has 27 heavy (non-hydrogen) atoms. The molecule has 7 nitrogen and oxygen atoms in total. The Morgan fingerprint density at radius 1 is 0.926 bits per heavy atom. The number of hydrogen-bond acceptors (Lipinski definition) is 6. The summed E-state index contributed by atoms with van der Waals surface area (Å²) in [4.78, 5) is 23.7. The summed E-state index contributed by atoms with van der Waals surface area (Å²) in [6.45, 7) is 0. The molecule has 0 fully saturated rings. The molecule has 0 aliphatic heterocycles. The summed E-state index contributed by atoms with van der Waals surface area (Å²) in [7, 11) is 4.02. The van der Waals surface area contributed by atoms with E-state index in [0.717, 1.165) is 0 Å². The van der Waals surface area contributed by atoms with Gasteiger partial charge in [-0.15, -0.1) is 0 Å². The van der Waals surface area contributed by atoms with Crippen molar-refractivity contribution in [1.82, 2.24) is 0 Å². The third-order valence-electron chi connectivity index (χ3n) is 3.44. The zero-order valence-corrected chi connectivity index (χ0v) is 16.4. The Kier molecular flexibility index (Phi) is 6.98. The lowest BCUT2D eigenvalue weighted by atomic mass is 10.1. The molecule has 0 spiro atoms. The second kappa shape index (κ2) is 9.20. The molecule has 2 aromatic rings. The molecule has 2 N–H and O–H groups in total. The first-order chi connectivity index (χ1) is 12.9. The van der Waals surface area contributed by atoms with Crippen LogP contribution >= 0.6 is 23.8 Å². The van der Waals surface area contributed by atoms with Gasteiger partial charge >= 0.3 is 11.9 Å². The predicted molar refractivity (Wildman–Crippen MR) is 107 cm³/mol. The smallest absolute Gasteiger partial charge is 0.337 e. The lowest BCUT2D eigenvalue weighted by Gasteiger charge is -2.15. The second-order valence-corrected chi connectivity index (χ2v) is 6.05. The molecule has 2 rings (SSSR count). The first-order valence-electron chi connectivity index (χ1n) is 7.61. The lowest BCUT2D eigenvalue weighted by Crippen LogP contribution is -2.20. The van der Waals surface area contributed by atoms with Gasteiger partial charge in [-0.3, -0.25) is 0 Å². The topological polar surface area (TPSA) is 85.9 Å². The van der Waals surface area contributed by atoms with E-state index in [0.29, 0.717) is 22.1 Å². The fraction of sp³-hybridized carbons (Fsp3) is 0.167. The largest absolute Gasteiger partial charge is 0.495 e. The summed E-state index contributed by atoms with van der Waals surface area (Å²) in [5.41, 5.74) is 1.30. The number of esters is 2. The Labute approximate surface area is 166 Å². The minimum atomic E-state index is -0.598. The average molecular weight is 409 g/mol. The molecule has 0 heterocycles. The van der Waals surface area contributed by atoms with Crippen molar-refractivity contribution in [2.45, 2.75) is 0 Å². The number of benzene rings is 2. The highest BCUT2D eigenvalue weighted by atomic mass is 35.5. The Balaban J connectivity index is 2.27. The molecule has 0 atom stereocenters. The summed E-state index contributed by atoms with van der Waals surface area (Å²) < 4.78 is 14.7. The van der Waals surface area contributed by atoms with Crippen LogP contribution in [0.2, 0.25) is 5.02 Å². The van der Waals surface area contributed by atoms with Crippen molar-refractivity contribution in [2.75, 3.05) is 32.0 Å². The summed E-state index contributed by atoms with van der Waals surface area (Å²) in [6, 6.07) is 9.41. The molecule has 0 aliphatic carbocycles. The summed E-state index contributed by atoms with van der Waals surface area (Å²) in [5, 5.41) is 6.56. The van der Waals surface area contributed by atoms with Crippen molar-refractivity contribution in [3.63, 3.8) is 0 Å². The maximum absolute atomic E-state index is 11.8. The number of methoxy groups -OCH3 is 3. The number of anilines is 2. The zero-order valence-electron chi connectivity index (χ0n) is 14.8. The lowest BCUT2D eigenvalue weighted by molar-refractivity contribution is 0.0599. The zero-order chi connectivity index (χ0) is 20.0. The normalized spacial score (nSPS) is 9.93. The standard InChI is InChI=1S/C18H17ClN2O5S/c1-24-15-5-4-12(19)9-14(15)21-18(27)20-13-7-10(16(22)25-2)6-11(8-13)17(23)26-3/h4-9H,1-3H3,(H2,20,21,27). The molecule has 2 aromatic carbocycles. The van der Waals surface area contributed by atoms with E-state index in [4.69, 9.17) is 38.0 Å². The van der Waals surface area contributed by atoms with E-state index < -0.39 is 11.9 Å². The van der Waals surface area contributed by atoms with Crippen molar-refractivity contribution >= 4 is 52.2 Å². The van der Waals surface area contributed by atoms with Crippen LogP contribution in [0.5, 0.6) is 5.75 Å². The molecule has 0 aromatic heterocycles. The molecule has 0 unspecified atom stereocenters. The van der Waals surface area contributed by atoms with Crippen LogP contribution in [0.25, 0.3) is 0 Å². The number of hydrogen-bond donors (Lipinski definition) is 2. The molecular formula is C18H17ClN2O5S. The predicted octanol–water partition coefficient (Wildman–Crippen LogP) is 3.73. The molecule has 0 radical (unpaired) electrons. The molecule has 142 valence electrons. The van der Waals surface area contributed by atoms with Crippen LogP contribution in [0.15, 0.2) is 36.4 Å². The van der Waals surface area contributed by atoms with Crippen LogP contribution in [0.4, 0.5) is 11.4 Å². The number of nitrogens with one attached hydrogen (secondary N) is 2. The van der Waals surface area contributed by atoms with Gasteiger partial charge in [-0.1, -0.05) is 11.6 Å². The maximum atomic E-state index is 11.8. The number of carbonyl (C=O) groups is 2. The van der Waals surface area contributed by atoms with Crippen LogP contribution in [-0.2, 0) is 9.47 Å². The van der Waals surface area contributed by atoms with E-state index in [-0.39, 0.29) is 16.2 Å². The number of halogens is 1. The number of rotatable bonds is 5. The molecule has 0 aliphatic rings. The van der Waals surface area contributed by atoms with Gasteiger partial charge in [0.1, 0.15) is 5.75 Å². The summed E-state index contributed by atoms with van der Waals surface area (Å²) in [6.07, 6.45) is 0. The highest BCUT2D eigenvalue weighted by Crippen LogP contribution is 2.28. The molecule has 0 bridgehead atoms. The maximum Gasteiger partial charge on any atom is 0.337 e. The number of thiocarbonyl (C=S) groups is 1. The third-order valence-corrected chi connectivity index (χ3v) is 3.88. The van der Waals surface area contributed by atoms with Gasteiger partial charge in [0, 0.05) is 10.7 Å². The third kappa shape index (κ3) is 5.32. The van der Waals surface area contributed by atoms with Gasteiger partial charge < -0.3 is 24.8 Å². The first-order valence-corrected chi connectivity index (χ1v) is 8.39.